The Morgan fingerprint density at radius 3 is 2.56 bits per heavy atom. The van der Waals surface area contributed by atoms with Gasteiger partial charge in [0.25, 0.3) is 0 Å². The fraction of sp³-hybridized carbons (Fsp3) is 0.143. The van der Waals surface area contributed by atoms with Crippen LogP contribution in [0.15, 0.2) is 61.2 Å². The maximum absolute atomic E-state index is 3.59. The molecule has 0 saturated carbocycles. The van der Waals surface area contributed by atoms with Gasteiger partial charge in [-0.05, 0) is 58.9 Å². The van der Waals surface area contributed by atoms with E-state index in [1.54, 1.807) is 11.8 Å². The minimum atomic E-state index is 0.867. The predicted octanol–water partition coefficient (Wildman–Crippen LogP) is 5.08. The van der Waals surface area contributed by atoms with Crippen molar-refractivity contribution in [3.8, 4) is 0 Å². The lowest BCUT2D eigenvalue weighted by atomic mass is 10.2. The van der Waals surface area contributed by atoms with Gasteiger partial charge in [-0.25, -0.2) is 0 Å². The van der Waals surface area contributed by atoms with Gasteiger partial charge in [0.2, 0.25) is 0 Å². The van der Waals surface area contributed by atoms with E-state index in [9.17, 15) is 0 Å². The van der Waals surface area contributed by atoms with E-state index in [-0.39, 0.29) is 0 Å². The summed E-state index contributed by atoms with van der Waals surface area (Å²) in [5.41, 5.74) is 1.30. The first-order chi connectivity index (χ1) is 8.70. The molecule has 0 aliphatic rings. The van der Waals surface area contributed by atoms with E-state index in [4.69, 9.17) is 0 Å². The summed E-state index contributed by atoms with van der Waals surface area (Å²) >= 11 is 8.89. The van der Waals surface area contributed by atoms with Crippen molar-refractivity contribution in [1.82, 2.24) is 5.32 Å². The molecule has 0 amide bonds. The second kappa shape index (κ2) is 6.75. The van der Waals surface area contributed by atoms with Gasteiger partial charge in [0.05, 0.1) is 0 Å². The van der Waals surface area contributed by atoms with E-state index in [1.807, 2.05) is 13.1 Å². The second-order valence-corrected chi connectivity index (χ2v) is 6.67. The van der Waals surface area contributed by atoms with Crippen molar-refractivity contribution < 1.29 is 0 Å². The Bertz CT molecular complexity index is 543. The van der Waals surface area contributed by atoms with Crippen molar-refractivity contribution in [3.63, 3.8) is 0 Å². The first-order valence-corrected chi connectivity index (χ1v) is 7.96. The van der Waals surface area contributed by atoms with Crippen LogP contribution >= 0.6 is 43.6 Å². The van der Waals surface area contributed by atoms with Crippen molar-refractivity contribution in [2.75, 3.05) is 7.05 Å². The highest BCUT2D eigenvalue weighted by Crippen LogP contribution is 2.36. The van der Waals surface area contributed by atoms with Crippen LogP contribution in [0.4, 0.5) is 0 Å². The van der Waals surface area contributed by atoms with Gasteiger partial charge in [-0.15, -0.1) is 0 Å². The zero-order valence-corrected chi connectivity index (χ0v) is 13.9. The van der Waals surface area contributed by atoms with Crippen LogP contribution < -0.4 is 5.32 Å². The summed E-state index contributed by atoms with van der Waals surface area (Å²) in [6.45, 7) is 0.867. The Labute approximate surface area is 129 Å². The molecule has 0 atom stereocenters. The Hall–Kier alpha value is -0.290. The molecular formula is C14H13Br2NS. The van der Waals surface area contributed by atoms with E-state index in [2.05, 4.69) is 73.6 Å². The van der Waals surface area contributed by atoms with Crippen LogP contribution in [0.1, 0.15) is 5.56 Å². The lowest BCUT2D eigenvalue weighted by Crippen LogP contribution is -2.06. The van der Waals surface area contributed by atoms with Crippen LogP contribution in [0.3, 0.4) is 0 Å². The highest BCUT2D eigenvalue weighted by molar-refractivity contribution is 9.10. The summed E-state index contributed by atoms with van der Waals surface area (Å²) in [4.78, 5) is 2.51. The standard InChI is InChI=1S/C14H13Br2NS/c1-17-9-10-8-11(15)6-7-13(10)18-14-5-3-2-4-12(14)16/h2-8,17H,9H2,1H3. The summed E-state index contributed by atoms with van der Waals surface area (Å²) < 4.78 is 2.25. The molecule has 0 radical (unpaired) electrons. The minimum Gasteiger partial charge on any atom is -0.316 e. The van der Waals surface area contributed by atoms with Crippen LogP contribution in [0.2, 0.25) is 0 Å². The van der Waals surface area contributed by atoms with Crippen LogP contribution in [-0.2, 0) is 6.54 Å². The highest BCUT2D eigenvalue weighted by Gasteiger charge is 2.07. The summed E-state index contributed by atoms with van der Waals surface area (Å²) in [5, 5.41) is 3.21. The summed E-state index contributed by atoms with van der Waals surface area (Å²) in [6, 6.07) is 14.7. The van der Waals surface area contributed by atoms with Gasteiger partial charge in [-0.1, -0.05) is 39.8 Å². The Kier molecular flexibility index (Phi) is 5.30. The molecular weight excluding hydrogens is 374 g/mol. The monoisotopic (exact) mass is 385 g/mol. The molecule has 0 saturated heterocycles. The average Bonchev–Trinajstić information content (AvgIpc) is 2.35. The predicted molar refractivity (Wildman–Crippen MR) is 85.2 cm³/mol. The Morgan fingerprint density at radius 1 is 1.06 bits per heavy atom. The van der Waals surface area contributed by atoms with E-state index >= 15 is 0 Å². The van der Waals surface area contributed by atoms with Crippen LogP contribution in [0, 0.1) is 0 Å². The zero-order valence-electron chi connectivity index (χ0n) is 9.91. The van der Waals surface area contributed by atoms with Gasteiger partial charge >= 0.3 is 0 Å². The number of halogens is 2. The number of nitrogens with one attached hydrogen (secondary N) is 1. The molecule has 94 valence electrons. The quantitative estimate of drug-likeness (QED) is 0.785. The molecule has 1 N–H and O–H groups in total. The number of hydrogen-bond acceptors (Lipinski definition) is 2. The molecule has 0 bridgehead atoms. The topological polar surface area (TPSA) is 12.0 Å². The Morgan fingerprint density at radius 2 is 1.83 bits per heavy atom. The maximum Gasteiger partial charge on any atom is 0.0314 e. The molecule has 1 nitrogen and oxygen atoms in total. The lowest BCUT2D eigenvalue weighted by Gasteiger charge is -2.10. The highest BCUT2D eigenvalue weighted by atomic mass is 79.9. The van der Waals surface area contributed by atoms with Gasteiger partial charge < -0.3 is 5.32 Å². The van der Waals surface area contributed by atoms with Crippen LogP contribution in [0.5, 0.6) is 0 Å². The van der Waals surface area contributed by atoms with Crippen LogP contribution in [0.25, 0.3) is 0 Å². The number of hydrogen-bond donors (Lipinski definition) is 1. The largest absolute Gasteiger partial charge is 0.316 e. The molecule has 0 aliphatic heterocycles. The van der Waals surface area contributed by atoms with E-state index in [0.717, 1.165) is 15.5 Å². The fourth-order valence-electron chi connectivity index (χ4n) is 1.62. The molecule has 0 aromatic heterocycles. The minimum absolute atomic E-state index is 0.867. The summed E-state index contributed by atoms with van der Waals surface area (Å²) in [5.74, 6) is 0. The molecule has 18 heavy (non-hydrogen) atoms. The van der Waals surface area contributed by atoms with E-state index in [1.165, 1.54) is 15.4 Å². The van der Waals surface area contributed by atoms with Crippen molar-refractivity contribution in [1.29, 1.82) is 0 Å². The molecule has 0 fully saturated rings. The van der Waals surface area contributed by atoms with Gasteiger partial charge in [0.15, 0.2) is 0 Å². The third-order valence-corrected chi connectivity index (χ3v) is 5.09. The average molecular weight is 387 g/mol. The smallest absolute Gasteiger partial charge is 0.0314 e. The number of benzene rings is 2. The van der Waals surface area contributed by atoms with Crippen molar-refractivity contribution in [2.45, 2.75) is 16.3 Å². The second-order valence-electron chi connectivity index (χ2n) is 3.81. The zero-order chi connectivity index (χ0) is 13.0. The molecule has 2 aromatic rings. The van der Waals surface area contributed by atoms with Gasteiger partial charge in [-0.3, -0.25) is 0 Å². The van der Waals surface area contributed by atoms with Crippen molar-refractivity contribution >= 4 is 43.6 Å². The summed E-state index contributed by atoms with van der Waals surface area (Å²) in [6.07, 6.45) is 0. The lowest BCUT2D eigenvalue weighted by molar-refractivity contribution is 0.802. The van der Waals surface area contributed by atoms with Gasteiger partial charge in [0.1, 0.15) is 0 Å². The Balaban J connectivity index is 2.31. The molecule has 0 spiro atoms. The first kappa shape index (κ1) is 14.1. The number of rotatable bonds is 4. The SMILES string of the molecule is CNCc1cc(Br)ccc1Sc1ccccc1Br. The first-order valence-electron chi connectivity index (χ1n) is 5.56. The van der Waals surface area contributed by atoms with Gasteiger partial charge in [-0.2, -0.15) is 0 Å². The molecule has 0 heterocycles. The van der Waals surface area contributed by atoms with Crippen molar-refractivity contribution in [3.05, 3.63) is 57.0 Å². The fourth-order valence-corrected chi connectivity index (χ4v) is 3.51. The van der Waals surface area contributed by atoms with Crippen LogP contribution in [-0.4, -0.2) is 7.05 Å². The van der Waals surface area contributed by atoms with E-state index < -0.39 is 0 Å². The molecule has 2 rings (SSSR count). The van der Waals surface area contributed by atoms with E-state index in [0.29, 0.717) is 0 Å². The third-order valence-electron chi connectivity index (χ3n) is 2.45. The molecule has 2 aromatic carbocycles. The molecule has 4 heteroatoms. The summed E-state index contributed by atoms with van der Waals surface area (Å²) in [7, 11) is 1.97. The molecule has 0 unspecified atom stereocenters. The maximum atomic E-state index is 3.59. The molecule has 0 aliphatic carbocycles. The third kappa shape index (κ3) is 3.60. The normalized spacial score (nSPS) is 10.6. The van der Waals surface area contributed by atoms with Crippen molar-refractivity contribution in [2.24, 2.45) is 0 Å². The van der Waals surface area contributed by atoms with Gasteiger partial charge in [0, 0.05) is 25.3 Å².